The van der Waals surface area contributed by atoms with Crippen LogP contribution in [0.2, 0.25) is 0 Å². The number of nitrogen functional groups attached to an aromatic ring is 1. The molecule has 1 atom stereocenters. The second-order valence-corrected chi connectivity index (χ2v) is 3.83. The van der Waals surface area contributed by atoms with Gasteiger partial charge < -0.3 is 11.5 Å². The largest absolute Gasteiger partial charge is 0.398 e. The molecule has 0 aromatic heterocycles. The van der Waals surface area contributed by atoms with Crippen molar-refractivity contribution < 1.29 is 0 Å². The Morgan fingerprint density at radius 3 is 3.00 bits per heavy atom. The van der Waals surface area contributed by atoms with Crippen molar-refractivity contribution in [3.05, 3.63) is 29.3 Å². The first-order valence-electron chi connectivity index (χ1n) is 4.87. The monoisotopic (exact) mass is 176 g/mol. The van der Waals surface area contributed by atoms with Crippen molar-refractivity contribution in [2.45, 2.75) is 19.3 Å². The zero-order valence-electron chi connectivity index (χ0n) is 7.79. The summed E-state index contributed by atoms with van der Waals surface area (Å²) in [5.74, 6) is 0.636. The summed E-state index contributed by atoms with van der Waals surface area (Å²) < 4.78 is 0. The number of benzene rings is 1. The third kappa shape index (κ3) is 1.54. The van der Waals surface area contributed by atoms with Crippen LogP contribution in [0.3, 0.4) is 0 Å². The van der Waals surface area contributed by atoms with E-state index in [0.717, 1.165) is 25.1 Å². The Labute approximate surface area is 78.9 Å². The van der Waals surface area contributed by atoms with Crippen molar-refractivity contribution in [3.63, 3.8) is 0 Å². The van der Waals surface area contributed by atoms with E-state index in [0.29, 0.717) is 5.92 Å². The molecule has 0 amide bonds. The Hall–Kier alpha value is -1.02. The summed E-state index contributed by atoms with van der Waals surface area (Å²) in [4.78, 5) is 0. The fourth-order valence-corrected chi connectivity index (χ4v) is 2.09. The molecule has 0 saturated heterocycles. The minimum Gasteiger partial charge on any atom is -0.398 e. The quantitative estimate of drug-likeness (QED) is 0.634. The van der Waals surface area contributed by atoms with Gasteiger partial charge in [0.2, 0.25) is 0 Å². The molecule has 0 aliphatic heterocycles. The van der Waals surface area contributed by atoms with Gasteiger partial charge in [-0.15, -0.1) is 0 Å². The first kappa shape index (κ1) is 8.57. The third-order valence-electron chi connectivity index (χ3n) is 2.96. The van der Waals surface area contributed by atoms with Gasteiger partial charge in [0.1, 0.15) is 0 Å². The highest BCUT2D eigenvalue weighted by atomic mass is 14.6. The SMILES string of the molecule is NCC1CCc2cccc(N)c2C1. The molecule has 0 radical (unpaired) electrons. The van der Waals surface area contributed by atoms with Crippen LogP contribution in [-0.4, -0.2) is 6.54 Å². The summed E-state index contributed by atoms with van der Waals surface area (Å²) in [7, 11) is 0. The molecule has 1 aliphatic carbocycles. The van der Waals surface area contributed by atoms with Crippen LogP contribution in [0.1, 0.15) is 17.5 Å². The van der Waals surface area contributed by atoms with E-state index in [1.54, 1.807) is 0 Å². The smallest absolute Gasteiger partial charge is 0.0349 e. The molecule has 1 unspecified atom stereocenters. The van der Waals surface area contributed by atoms with Crippen LogP contribution >= 0.6 is 0 Å². The highest BCUT2D eigenvalue weighted by Gasteiger charge is 2.18. The summed E-state index contributed by atoms with van der Waals surface area (Å²) in [6.45, 7) is 0.785. The summed E-state index contributed by atoms with van der Waals surface area (Å²) in [6, 6.07) is 6.20. The van der Waals surface area contributed by atoms with Gasteiger partial charge in [-0.2, -0.15) is 0 Å². The summed E-state index contributed by atoms with van der Waals surface area (Å²) in [6.07, 6.45) is 3.42. The van der Waals surface area contributed by atoms with Gasteiger partial charge in [0.25, 0.3) is 0 Å². The minimum atomic E-state index is 0.636. The number of rotatable bonds is 1. The number of aryl methyl sites for hydroxylation is 1. The summed E-state index contributed by atoms with van der Waals surface area (Å²) in [5.41, 5.74) is 15.3. The van der Waals surface area contributed by atoms with E-state index in [4.69, 9.17) is 11.5 Å². The molecule has 13 heavy (non-hydrogen) atoms. The Morgan fingerprint density at radius 1 is 1.38 bits per heavy atom. The molecule has 70 valence electrons. The molecular formula is C11H16N2. The van der Waals surface area contributed by atoms with Crippen molar-refractivity contribution in [2.75, 3.05) is 12.3 Å². The molecule has 0 fully saturated rings. The lowest BCUT2D eigenvalue weighted by Gasteiger charge is -2.24. The maximum absolute atomic E-state index is 5.92. The van der Waals surface area contributed by atoms with Crippen LogP contribution in [-0.2, 0) is 12.8 Å². The second kappa shape index (κ2) is 3.38. The molecule has 2 rings (SSSR count). The van der Waals surface area contributed by atoms with Crippen LogP contribution in [0, 0.1) is 5.92 Å². The number of anilines is 1. The first-order valence-corrected chi connectivity index (χ1v) is 4.87. The second-order valence-electron chi connectivity index (χ2n) is 3.83. The molecule has 0 saturated carbocycles. The van der Waals surface area contributed by atoms with Gasteiger partial charge in [-0.3, -0.25) is 0 Å². The lowest BCUT2D eigenvalue weighted by Crippen LogP contribution is -2.22. The van der Waals surface area contributed by atoms with Gasteiger partial charge in [-0.25, -0.2) is 0 Å². The Kier molecular flexibility index (Phi) is 2.23. The van der Waals surface area contributed by atoms with E-state index in [1.165, 1.54) is 17.5 Å². The number of hydrogen-bond acceptors (Lipinski definition) is 2. The molecule has 1 aromatic carbocycles. The molecule has 1 aromatic rings. The standard InChI is InChI=1S/C11H16N2/c12-7-8-4-5-9-2-1-3-11(13)10(9)6-8/h1-3,8H,4-7,12-13H2. The highest BCUT2D eigenvalue weighted by Crippen LogP contribution is 2.28. The lowest BCUT2D eigenvalue weighted by molar-refractivity contribution is 0.470. The average Bonchev–Trinajstić information content (AvgIpc) is 2.18. The zero-order valence-corrected chi connectivity index (χ0v) is 7.79. The van der Waals surface area contributed by atoms with E-state index in [9.17, 15) is 0 Å². The van der Waals surface area contributed by atoms with Crippen LogP contribution in [0.5, 0.6) is 0 Å². The molecular weight excluding hydrogens is 160 g/mol. The maximum atomic E-state index is 5.92. The molecule has 2 nitrogen and oxygen atoms in total. The molecule has 1 aliphatic rings. The zero-order chi connectivity index (χ0) is 9.26. The van der Waals surface area contributed by atoms with Gasteiger partial charge >= 0.3 is 0 Å². The topological polar surface area (TPSA) is 52.0 Å². The maximum Gasteiger partial charge on any atom is 0.0349 e. The van der Waals surface area contributed by atoms with E-state index < -0.39 is 0 Å². The fourth-order valence-electron chi connectivity index (χ4n) is 2.09. The molecule has 0 heterocycles. The Bertz CT molecular complexity index is 307. The first-order chi connectivity index (χ1) is 6.31. The van der Waals surface area contributed by atoms with Crippen LogP contribution in [0.4, 0.5) is 5.69 Å². The van der Waals surface area contributed by atoms with Crippen molar-refractivity contribution in [2.24, 2.45) is 11.7 Å². The number of nitrogens with two attached hydrogens (primary N) is 2. The van der Waals surface area contributed by atoms with Crippen LogP contribution in [0.15, 0.2) is 18.2 Å². The van der Waals surface area contributed by atoms with Crippen LogP contribution < -0.4 is 11.5 Å². The predicted octanol–water partition coefficient (Wildman–Crippen LogP) is 1.33. The molecule has 0 spiro atoms. The van der Waals surface area contributed by atoms with Crippen molar-refractivity contribution in [1.82, 2.24) is 0 Å². The molecule has 0 bridgehead atoms. The normalized spacial score (nSPS) is 21.2. The Morgan fingerprint density at radius 2 is 2.23 bits per heavy atom. The summed E-state index contributed by atoms with van der Waals surface area (Å²) >= 11 is 0. The number of fused-ring (bicyclic) bond motifs is 1. The van der Waals surface area contributed by atoms with E-state index in [-0.39, 0.29) is 0 Å². The molecule has 4 N–H and O–H groups in total. The predicted molar refractivity (Wildman–Crippen MR) is 55.4 cm³/mol. The average molecular weight is 176 g/mol. The Balaban J connectivity index is 2.32. The minimum absolute atomic E-state index is 0.636. The summed E-state index contributed by atoms with van der Waals surface area (Å²) in [5, 5.41) is 0. The van der Waals surface area contributed by atoms with Gasteiger partial charge in [-0.05, 0) is 48.9 Å². The van der Waals surface area contributed by atoms with E-state index in [2.05, 4.69) is 6.07 Å². The third-order valence-corrected chi connectivity index (χ3v) is 2.96. The van der Waals surface area contributed by atoms with Gasteiger partial charge in [0.15, 0.2) is 0 Å². The van der Waals surface area contributed by atoms with Gasteiger partial charge in [-0.1, -0.05) is 12.1 Å². The van der Waals surface area contributed by atoms with Crippen LogP contribution in [0.25, 0.3) is 0 Å². The van der Waals surface area contributed by atoms with Gasteiger partial charge in [0.05, 0.1) is 0 Å². The van der Waals surface area contributed by atoms with Crippen molar-refractivity contribution >= 4 is 5.69 Å². The van der Waals surface area contributed by atoms with Crippen molar-refractivity contribution in [1.29, 1.82) is 0 Å². The van der Waals surface area contributed by atoms with Crippen molar-refractivity contribution in [3.8, 4) is 0 Å². The fraction of sp³-hybridized carbons (Fsp3) is 0.455. The highest BCUT2D eigenvalue weighted by molar-refractivity contribution is 5.52. The lowest BCUT2D eigenvalue weighted by atomic mass is 9.83. The van der Waals surface area contributed by atoms with E-state index in [1.807, 2.05) is 12.1 Å². The van der Waals surface area contributed by atoms with Gasteiger partial charge in [0, 0.05) is 5.69 Å². The molecule has 2 heteroatoms. The van der Waals surface area contributed by atoms with E-state index >= 15 is 0 Å². The number of hydrogen-bond donors (Lipinski definition) is 2.